The van der Waals surface area contributed by atoms with Crippen molar-refractivity contribution in [3.63, 3.8) is 0 Å². The van der Waals surface area contributed by atoms with Crippen molar-refractivity contribution in [3.05, 3.63) is 23.9 Å². The van der Waals surface area contributed by atoms with Gasteiger partial charge in [0.25, 0.3) is 0 Å². The Labute approximate surface area is 62.6 Å². The van der Waals surface area contributed by atoms with Gasteiger partial charge in [-0.25, -0.2) is 0 Å². The summed E-state index contributed by atoms with van der Waals surface area (Å²) in [6.45, 7) is 2.21. The first-order chi connectivity index (χ1) is 4.83. The Morgan fingerprint density at radius 3 is 3.10 bits per heavy atom. The molecule has 0 saturated carbocycles. The van der Waals surface area contributed by atoms with Gasteiger partial charge in [0.15, 0.2) is 0 Å². The van der Waals surface area contributed by atoms with E-state index < -0.39 is 0 Å². The van der Waals surface area contributed by atoms with E-state index in [1.165, 1.54) is 12.8 Å². The molecule has 56 valence electrons. The molecule has 0 spiro atoms. The average Bonchev–Trinajstić information content (AvgIpc) is 1.88. The molecule has 1 heteroatoms. The lowest BCUT2D eigenvalue weighted by Crippen LogP contribution is -2.07. The maximum atomic E-state index is 5.67. The van der Waals surface area contributed by atoms with Gasteiger partial charge < -0.3 is 5.73 Å². The quantitative estimate of drug-likeness (QED) is 0.620. The molecular formula is C9H15N. The topological polar surface area (TPSA) is 26.0 Å². The smallest absolute Gasteiger partial charge is 0.00862 e. The molecule has 10 heavy (non-hydrogen) atoms. The van der Waals surface area contributed by atoms with Crippen LogP contribution in [0.15, 0.2) is 23.9 Å². The van der Waals surface area contributed by atoms with Gasteiger partial charge in [-0.05, 0) is 24.8 Å². The van der Waals surface area contributed by atoms with Crippen LogP contribution >= 0.6 is 0 Å². The Kier molecular flexibility index (Phi) is 2.55. The van der Waals surface area contributed by atoms with Crippen LogP contribution in [0.25, 0.3) is 0 Å². The Morgan fingerprint density at radius 1 is 1.70 bits per heavy atom. The Hall–Kier alpha value is -0.720. The summed E-state index contributed by atoms with van der Waals surface area (Å²) in [7, 11) is 0. The van der Waals surface area contributed by atoms with Crippen LogP contribution in [0.2, 0.25) is 0 Å². The molecule has 0 bridgehead atoms. The van der Waals surface area contributed by atoms with Crippen molar-refractivity contribution in [1.82, 2.24) is 0 Å². The zero-order chi connectivity index (χ0) is 7.40. The summed E-state index contributed by atoms with van der Waals surface area (Å²) in [6, 6.07) is 0. The van der Waals surface area contributed by atoms with Gasteiger partial charge in [-0.1, -0.05) is 25.5 Å². The monoisotopic (exact) mass is 137 g/mol. The van der Waals surface area contributed by atoms with Gasteiger partial charge in [0.05, 0.1) is 0 Å². The van der Waals surface area contributed by atoms with Crippen LogP contribution in [-0.2, 0) is 0 Å². The molecule has 1 atom stereocenters. The van der Waals surface area contributed by atoms with E-state index in [1.807, 2.05) is 6.08 Å². The van der Waals surface area contributed by atoms with Crippen molar-refractivity contribution in [2.45, 2.75) is 26.2 Å². The highest BCUT2D eigenvalue weighted by molar-refractivity contribution is 5.17. The summed E-state index contributed by atoms with van der Waals surface area (Å²) in [6.07, 6.45) is 9.89. The summed E-state index contributed by atoms with van der Waals surface area (Å²) in [5, 5.41) is 0. The minimum Gasteiger partial charge on any atom is -0.402 e. The third-order valence-electron chi connectivity index (χ3n) is 1.85. The van der Waals surface area contributed by atoms with Crippen LogP contribution < -0.4 is 5.73 Å². The van der Waals surface area contributed by atoms with Crippen molar-refractivity contribution in [2.75, 3.05) is 0 Å². The molecule has 1 nitrogen and oxygen atoms in total. The second-order valence-corrected chi connectivity index (χ2v) is 2.88. The predicted octanol–water partition coefficient (Wildman–Crippen LogP) is 2.21. The fraction of sp³-hybridized carbons (Fsp3) is 0.556. The van der Waals surface area contributed by atoms with Crippen molar-refractivity contribution in [1.29, 1.82) is 0 Å². The number of rotatable bonds is 2. The number of hydrogen-bond acceptors (Lipinski definition) is 1. The Morgan fingerprint density at radius 2 is 2.50 bits per heavy atom. The van der Waals surface area contributed by atoms with E-state index in [1.54, 1.807) is 0 Å². The molecule has 1 aliphatic carbocycles. The minimum absolute atomic E-state index is 0.704. The highest BCUT2D eigenvalue weighted by Gasteiger charge is 2.06. The lowest BCUT2D eigenvalue weighted by molar-refractivity contribution is 0.567. The van der Waals surface area contributed by atoms with Crippen molar-refractivity contribution in [2.24, 2.45) is 11.7 Å². The van der Waals surface area contributed by atoms with Gasteiger partial charge in [0.1, 0.15) is 0 Å². The van der Waals surface area contributed by atoms with E-state index in [0.29, 0.717) is 5.92 Å². The summed E-state index contributed by atoms with van der Waals surface area (Å²) in [4.78, 5) is 0. The minimum atomic E-state index is 0.704. The molecule has 0 amide bonds. The lowest BCUT2D eigenvalue weighted by Gasteiger charge is -2.14. The molecule has 1 unspecified atom stereocenters. The fourth-order valence-electron chi connectivity index (χ4n) is 1.34. The van der Waals surface area contributed by atoms with Gasteiger partial charge >= 0.3 is 0 Å². The Bertz CT molecular complexity index is 156. The molecule has 0 radical (unpaired) electrons. The third-order valence-corrected chi connectivity index (χ3v) is 1.85. The van der Waals surface area contributed by atoms with E-state index in [4.69, 9.17) is 5.73 Å². The first-order valence-corrected chi connectivity index (χ1v) is 3.95. The molecule has 0 saturated heterocycles. The first-order valence-electron chi connectivity index (χ1n) is 3.95. The summed E-state index contributed by atoms with van der Waals surface area (Å²) in [5.41, 5.74) is 6.69. The molecule has 0 aromatic rings. The maximum Gasteiger partial charge on any atom is 0.00862 e. The van der Waals surface area contributed by atoms with Gasteiger partial charge in [0, 0.05) is 5.70 Å². The van der Waals surface area contributed by atoms with Crippen molar-refractivity contribution < 1.29 is 0 Å². The normalized spacial score (nSPS) is 24.5. The molecule has 1 aliphatic rings. The van der Waals surface area contributed by atoms with Crippen LogP contribution in [0, 0.1) is 5.92 Å². The fourth-order valence-corrected chi connectivity index (χ4v) is 1.34. The summed E-state index contributed by atoms with van der Waals surface area (Å²) in [5.74, 6) is 0.704. The van der Waals surface area contributed by atoms with Gasteiger partial charge in [-0.15, -0.1) is 0 Å². The van der Waals surface area contributed by atoms with Crippen LogP contribution in [-0.4, -0.2) is 0 Å². The van der Waals surface area contributed by atoms with E-state index in [2.05, 4.69) is 19.1 Å². The molecule has 0 fully saturated rings. The van der Waals surface area contributed by atoms with Gasteiger partial charge in [-0.3, -0.25) is 0 Å². The summed E-state index contributed by atoms with van der Waals surface area (Å²) >= 11 is 0. The molecule has 0 aliphatic heterocycles. The van der Waals surface area contributed by atoms with Gasteiger partial charge in [0.2, 0.25) is 0 Å². The summed E-state index contributed by atoms with van der Waals surface area (Å²) < 4.78 is 0. The largest absolute Gasteiger partial charge is 0.402 e. The zero-order valence-electron chi connectivity index (χ0n) is 6.51. The molecular weight excluding hydrogens is 122 g/mol. The zero-order valence-corrected chi connectivity index (χ0v) is 6.51. The number of nitrogens with two attached hydrogens (primary N) is 1. The van der Waals surface area contributed by atoms with E-state index in [9.17, 15) is 0 Å². The van der Waals surface area contributed by atoms with Crippen molar-refractivity contribution >= 4 is 0 Å². The molecule has 0 aromatic heterocycles. The standard InChI is InChI=1S/C9H15N/c1-2-4-8-5-3-6-9(10)7-8/h3,5-6,8H,2,4,7,10H2,1H3. The van der Waals surface area contributed by atoms with E-state index in [0.717, 1.165) is 12.1 Å². The number of allylic oxidation sites excluding steroid dienone is 4. The molecule has 2 N–H and O–H groups in total. The van der Waals surface area contributed by atoms with Crippen LogP contribution in [0.5, 0.6) is 0 Å². The third kappa shape index (κ3) is 1.90. The Balaban J connectivity index is 2.39. The first kappa shape index (κ1) is 7.39. The predicted molar refractivity (Wildman–Crippen MR) is 44.4 cm³/mol. The highest BCUT2D eigenvalue weighted by Crippen LogP contribution is 2.19. The van der Waals surface area contributed by atoms with E-state index >= 15 is 0 Å². The van der Waals surface area contributed by atoms with Crippen LogP contribution in [0.3, 0.4) is 0 Å². The van der Waals surface area contributed by atoms with Gasteiger partial charge in [-0.2, -0.15) is 0 Å². The van der Waals surface area contributed by atoms with Crippen LogP contribution in [0.1, 0.15) is 26.2 Å². The molecule has 0 heterocycles. The highest BCUT2D eigenvalue weighted by atomic mass is 14.6. The molecule has 1 rings (SSSR count). The average molecular weight is 137 g/mol. The second-order valence-electron chi connectivity index (χ2n) is 2.88. The lowest BCUT2D eigenvalue weighted by atomic mass is 9.94. The second kappa shape index (κ2) is 3.45. The SMILES string of the molecule is CCCC1C=CC=C(N)C1. The van der Waals surface area contributed by atoms with Crippen molar-refractivity contribution in [3.8, 4) is 0 Å². The van der Waals surface area contributed by atoms with E-state index in [-0.39, 0.29) is 0 Å². The number of hydrogen-bond donors (Lipinski definition) is 1. The molecule has 0 aromatic carbocycles. The van der Waals surface area contributed by atoms with Crippen LogP contribution in [0.4, 0.5) is 0 Å². The maximum absolute atomic E-state index is 5.67.